The van der Waals surface area contributed by atoms with E-state index in [4.69, 9.17) is 18.9 Å². The van der Waals surface area contributed by atoms with Gasteiger partial charge in [-0.3, -0.25) is 4.79 Å². The van der Waals surface area contributed by atoms with E-state index in [0.717, 1.165) is 40.4 Å². The molecule has 2 aromatic carbocycles. The smallest absolute Gasteiger partial charge is 0.190 e. The zero-order valence-electron chi connectivity index (χ0n) is 15.7. The molecule has 28 heavy (non-hydrogen) atoms. The van der Waals surface area contributed by atoms with Crippen molar-refractivity contribution in [2.24, 2.45) is 0 Å². The van der Waals surface area contributed by atoms with Crippen LogP contribution in [0.1, 0.15) is 37.3 Å². The zero-order valence-corrected chi connectivity index (χ0v) is 15.7. The maximum Gasteiger partial charge on any atom is 0.190 e. The molecule has 0 unspecified atom stereocenters. The number of benzene rings is 2. The van der Waals surface area contributed by atoms with E-state index in [0.29, 0.717) is 35.7 Å². The summed E-state index contributed by atoms with van der Waals surface area (Å²) in [7, 11) is 0. The van der Waals surface area contributed by atoms with Crippen molar-refractivity contribution < 1.29 is 4.79 Å². The second-order valence-electron chi connectivity index (χ2n) is 7.41. The molecule has 2 N–H and O–H groups in total. The fraction of sp³-hybridized carbons (Fsp3) is 0.261. The van der Waals surface area contributed by atoms with E-state index in [1.165, 1.54) is 0 Å². The van der Waals surface area contributed by atoms with Gasteiger partial charge in [-0.25, -0.2) is 9.69 Å². The van der Waals surface area contributed by atoms with Gasteiger partial charge in [0, 0.05) is 41.8 Å². The fourth-order valence-corrected chi connectivity index (χ4v) is 4.10. The maximum atomic E-state index is 11.7. The van der Waals surface area contributed by atoms with E-state index in [1.54, 1.807) is 6.07 Å². The van der Waals surface area contributed by atoms with Crippen molar-refractivity contribution in [3.8, 4) is 11.1 Å². The summed E-state index contributed by atoms with van der Waals surface area (Å²) < 4.78 is 2.25. The monoisotopic (exact) mass is 368 g/mol. The van der Waals surface area contributed by atoms with Gasteiger partial charge in [0.1, 0.15) is 5.78 Å². The molecule has 4 rings (SSSR count). The van der Waals surface area contributed by atoms with Gasteiger partial charge in [-0.05, 0) is 66.6 Å². The normalized spacial score (nSPS) is 14.8. The molecule has 0 saturated heterocycles. The van der Waals surface area contributed by atoms with Crippen LogP contribution >= 0.6 is 0 Å². The number of Topliss-reactive ketones (excluding diaryl/α,β-unsaturated/α-hetero) is 1. The topological polar surface area (TPSA) is 56.7 Å². The second-order valence-corrected chi connectivity index (χ2v) is 7.41. The third kappa shape index (κ3) is 3.02. The van der Waals surface area contributed by atoms with Crippen molar-refractivity contribution in [2.45, 2.75) is 38.6 Å². The highest BCUT2D eigenvalue weighted by atomic mass is 16.1. The predicted molar refractivity (Wildman–Crippen MR) is 112 cm³/mol. The van der Waals surface area contributed by atoms with Crippen molar-refractivity contribution in [3.05, 3.63) is 64.9 Å². The van der Waals surface area contributed by atoms with Gasteiger partial charge in [-0.2, -0.15) is 0 Å². The lowest BCUT2D eigenvalue weighted by molar-refractivity contribution is -0.120. The first-order valence-corrected chi connectivity index (χ1v) is 9.33. The Balaban J connectivity index is 1.96. The number of carbonyl (C=O) groups excluding carboxylic acids is 1. The zero-order chi connectivity index (χ0) is 19.8. The third-order valence-electron chi connectivity index (χ3n) is 5.56. The number of hydrogen-bond donors (Lipinski definition) is 1. The van der Waals surface area contributed by atoms with Gasteiger partial charge < -0.3 is 10.3 Å². The van der Waals surface area contributed by atoms with Gasteiger partial charge in [0.25, 0.3) is 0 Å². The Morgan fingerprint density at radius 1 is 1.07 bits per heavy atom. The van der Waals surface area contributed by atoms with E-state index in [2.05, 4.69) is 26.5 Å². The number of nitrogens with two attached hydrogens (primary N) is 1. The summed E-state index contributed by atoms with van der Waals surface area (Å²) in [5.41, 5.74) is 11.5. The molecule has 0 radical (unpaired) electrons. The molecule has 0 atom stereocenters. The third-order valence-corrected chi connectivity index (χ3v) is 5.56. The van der Waals surface area contributed by atoms with E-state index in [9.17, 15) is 4.79 Å². The Kier molecular flexibility index (Phi) is 4.37. The molecule has 0 bridgehead atoms. The van der Waals surface area contributed by atoms with E-state index in [-0.39, 0.29) is 6.04 Å². The lowest BCUT2D eigenvalue weighted by Gasteiger charge is -2.23. The Hall–Kier alpha value is -3.57. The van der Waals surface area contributed by atoms with Crippen LogP contribution in [-0.2, 0) is 4.79 Å². The Bertz CT molecular complexity index is 1180. The second kappa shape index (κ2) is 6.87. The van der Waals surface area contributed by atoms with Crippen LogP contribution in [0.15, 0.2) is 36.5 Å². The molecule has 0 spiro atoms. The van der Waals surface area contributed by atoms with Gasteiger partial charge in [0.2, 0.25) is 0 Å². The SMILES string of the molecule is [C-]#[N+]c1cc(N)cc(-c2cn(C3CCC(=O)CC3)c3cc(C)c([N+]#[C-])cc23)c1. The fourth-order valence-electron chi connectivity index (χ4n) is 4.10. The first kappa shape index (κ1) is 17.8. The number of anilines is 1. The largest absolute Gasteiger partial charge is 0.400 e. The minimum Gasteiger partial charge on any atom is -0.400 e. The predicted octanol–water partition coefficient (Wildman–Crippen LogP) is 5.98. The van der Waals surface area contributed by atoms with Crippen LogP contribution in [0, 0.1) is 20.1 Å². The lowest BCUT2D eigenvalue weighted by Crippen LogP contribution is -2.17. The van der Waals surface area contributed by atoms with Crippen molar-refractivity contribution in [2.75, 3.05) is 5.73 Å². The van der Waals surface area contributed by atoms with Crippen molar-refractivity contribution >= 4 is 33.7 Å². The first-order chi connectivity index (χ1) is 13.5. The van der Waals surface area contributed by atoms with Crippen LogP contribution < -0.4 is 5.73 Å². The molecule has 1 saturated carbocycles. The van der Waals surface area contributed by atoms with Gasteiger partial charge in [-0.1, -0.05) is 0 Å². The Morgan fingerprint density at radius 3 is 2.50 bits per heavy atom. The molecule has 0 amide bonds. The molecule has 1 aromatic heterocycles. The molecule has 3 aromatic rings. The highest BCUT2D eigenvalue weighted by Gasteiger charge is 2.23. The molecule has 5 heteroatoms. The van der Waals surface area contributed by atoms with Crippen molar-refractivity contribution in [1.29, 1.82) is 0 Å². The van der Waals surface area contributed by atoms with Crippen LogP contribution in [0.2, 0.25) is 0 Å². The van der Waals surface area contributed by atoms with Crippen LogP contribution in [-0.4, -0.2) is 10.4 Å². The minimum atomic E-state index is 0.258. The summed E-state index contributed by atoms with van der Waals surface area (Å²) >= 11 is 0. The number of ketones is 1. The van der Waals surface area contributed by atoms with Crippen LogP contribution in [0.4, 0.5) is 17.1 Å². The van der Waals surface area contributed by atoms with Crippen LogP contribution in [0.5, 0.6) is 0 Å². The number of nitrogen functional groups attached to an aromatic ring is 1. The summed E-state index contributed by atoms with van der Waals surface area (Å²) in [4.78, 5) is 18.9. The summed E-state index contributed by atoms with van der Waals surface area (Å²) in [6.45, 7) is 16.8. The molecule has 0 aliphatic heterocycles. The number of aromatic nitrogens is 1. The first-order valence-electron chi connectivity index (χ1n) is 9.33. The average Bonchev–Trinajstić information content (AvgIpc) is 3.05. The molecule has 1 heterocycles. The number of aryl methyl sites for hydroxylation is 1. The van der Waals surface area contributed by atoms with E-state index in [1.807, 2.05) is 25.1 Å². The number of rotatable bonds is 2. The minimum absolute atomic E-state index is 0.258. The highest BCUT2D eigenvalue weighted by molar-refractivity contribution is 5.99. The molecular formula is C23H20N4O. The van der Waals surface area contributed by atoms with Gasteiger partial charge >= 0.3 is 0 Å². The molecule has 5 nitrogen and oxygen atoms in total. The summed E-state index contributed by atoms with van der Waals surface area (Å²) in [5, 5.41) is 0.982. The molecule has 1 aliphatic rings. The maximum absolute atomic E-state index is 11.7. The van der Waals surface area contributed by atoms with Crippen LogP contribution in [0.3, 0.4) is 0 Å². The lowest BCUT2D eigenvalue weighted by atomic mass is 9.94. The Labute approximate surface area is 164 Å². The molecule has 1 aliphatic carbocycles. The van der Waals surface area contributed by atoms with Gasteiger partial charge in [0.15, 0.2) is 11.4 Å². The van der Waals surface area contributed by atoms with E-state index >= 15 is 0 Å². The standard InChI is InChI=1S/C23H20N4O/c1-14-8-23-20(12-22(14)26-3)21(15-9-16(24)11-17(10-15)25-2)13-27(23)18-4-6-19(28)7-5-18/h8-13,18H,4-7,24H2,1H3. The number of hydrogen-bond acceptors (Lipinski definition) is 2. The van der Waals surface area contributed by atoms with E-state index < -0.39 is 0 Å². The number of carbonyl (C=O) groups is 1. The summed E-state index contributed by atoms with van der Waals surface area (Å²) in [5.74, 6) is 0.331. The number of nitrogens with zero attached hydrogens (tertiary/aromatic N) is 3. The summed E-state index contributed by atoms with van der Waals surface area (Å²) in [6.07, 6.45) is 4.98. The highest BCUT2D eigenvalue weighted by Crippen LogP contribution is 2.40. The summed E-state index contributed by atoms with van der Waals surface area (Å²) in [6, 6.07) is 9.62. The van der Waals surface area contributed by atoms with Crippen molar-refractivity contribution in [1.82, 2.24) is 4.57 Å². The van der Waals surface area contributed by atoms with Crippen molar-refractivity contribution in [3.63, 3.8) is 0 Å². The average molecular weight is 368 g/mol. The molecule has 138 valence electrons. The quantitative estimate of drug-likeness (QED) is 0.446. The molecular weight excluding hydrogens is 348 g/mol. The molecule has 1 fully saturated rings. The number of fused-ring (bicyclic) bond motifs is 1. The van der Waals surface area contributed by atoms with Gasteiger partial charge in [0.05, 0.1) is 13.1 Å². The van der Waals surface area contributed by atoms with Gasteiger partial charge in [-0.15, -0.1) is 0 Å². The Morgan fingerprint density at radius 2 is 1.82 bits per heavy atom. The van der Waals surface area contributed by atoms with Crippen LogP contribution in [0.25, 0.3) is 31.7 Å².